The highest BCUT2D eigenvalue weighted by Crippen LogP contribution is 2.38. The number of amides is 1. The molecular weight excluding hydrogens is 472 g/mol. The van der Waals surface area contributed by atoms with E-state index in [9.17, 15) is 9.59 Å². The maximum absolute atomic E-state index is 13.5. The number of aryl methyl sites for hydroxylation is 1. The number of pyridine rings is 1. The third-order valence-corrected chi connectivity index (χ3v) is 7.40. The number of thioether (sulfide) groups is 1. The Balaban J connectivity index is 1.46. The lowest BCUT2D eigenvalue weighted by Crippen LogP contribution is -2.38. The molecule has 1 aliphatic rings. The van der Waals surface area contributed by atoms with Crippen molar-refractivity contribution in [1.82, 2.24) is 10.4 Å². The van der Waals surface area contributed by atoms with Gasteiger partial charge in [0.25, 0.3) is 0 Å². The lowest BCUT2D eigenvalue weighted by atomic mass is 9.69. The van der Waals surface area contributed by atoms with E-state index in [1.807, 2.05) is 55.5 Å². The molecule has 9 heteroatoms. The number of hydrogen-bond donors (Lipinski definition) is 4. The molecular formula is C27H30N6O2S. The Morgan fingerprint density at radius 2 is 1.83 bits per heavy atom. The largest absolute Gasteiger partial charge is 0.321 e. The molecule has 0 bridgehead atoms. The van der Waals surface area contributed by atoms with Crippen LogP contribution in [0.2, 0.25) is 0 Å². The molecule has 0 aliphatic heterocycles. The smallest absolute Gasteiger partial charge is 0.229 e. The summed E-state index contributed by atoms with van der Waals surface area (Å²) >= 11 is 1.77. The van der Waals surface area contributed by atoms with Crippen LogP contribution in [0.15, 0.2) is 70.7 Å². The van der Waals surface area contributed by atoms with Crippen molar-refractivity contribution in [1.29, 1.82) is 0 Å². The second-order valence-electron chi connectivity index (χ2n) is 8.85. The molecule has 1 unspecified atom stereocenters. The minimum absolute atomic E-state index is 0.0107. The molecule has 1 heterocycles. The highest BCUT2D eigenvalue weighted by Gasteiger charge is 2.40. The van der Waals surface area contributed by atoms with E-state index in [1.165, 1.54) is 4.90 Å². The van der Waals surface area contributed by atoms with Gasteiger partial charge in [-0.1, -0.05) is 43.3 Å². The van der Waals surface area contributed by atoms with Gasteiger partial charge in [0.1, 0.15) is 5.82 Å². The highest BCUT2D eigenvalue weighted by molar-refractivity contribution is 7.99. The first-order chi connectivity index (χ1) is 17.4. The maximum atomic E-state index is 13.5. The Morgan fingerprint density at radius 1 is 1.11 bits per heavy atom. The van der Waals surface area contributed by atoms with Crippen molar-refractivity contribution in [2.75, 3.05) is 11.1 Å². The van der Waals surface area contributed by atoms with Crippen molar-refractivity contribution in [2.24, 2.45) is 16.8 Å². The number of benzene rings is 2. The van der Waals surface area contributed by atoms with E-state index < -0.39 is 5.41 Å². The van der Waals surface area contributed by atoms with Crippen molar-refractivity contribution >= 4 is 35.1 Å². The van der Waals surface area contributed by atoms with Gasteiger partial charge in [-0.3, -0.25) is 9.59 Å². The molecule has 0 radical (unpaired) electrons. The molecule has 1 aliphatic carbocycles. The van der Waals surface area contributed by atoms with Crippen LogP contribution in [0.3, 0.4) is 0 Å². The van der Waals surface area contributed by atoms with E-state index in [4.69, 9.17) is 11.7 Å². The number of anilines is 1. The standard InChI is InChI=1S/C27H30N6O2S/c1-3-36-20-10-4-17(5-11-20)16-24(34)31-23-13-12-21-22(30-23)14-15-27(2,25(21)35)19-8-6-18(7-9-19)26(32-28)33-29/h4-13H,3,14-16,28-29H2,1-2H3,(H,32,33)(H,30,31,34). The number of Topliss-reactive ketones (excluding diaryl/α,β-unsaturated/α-hetero) is 1. The summed E-state index contributed by atoms with van der Waals surface area (Å²) in [6, 6.07) is 18.9. The zero-order valence-electron chi connectivity index (χ0n) is 20.4. The van der Waals surface area contributed by atoms with Gasteiger partial charge in [0.15, 0.2) is 11.6 Å². The number of ketones is 1. The summed E-state index contributed by atoms with van der Waals surface area (Å²) < 4.78 is 0. The lowest BCUT2D eigenvalue weighted by molar-refractivity contribution is -0.115. The molecule has 0 saturated carbocycles. The van der Waals surface area contributed by atoms with E-state index in [0.29, 0.717) is 35.8 Å². The molecule has 1 aromatic heterocycles. The molecule has 6 N–H and O–H groups in total. The molecule has 0 saturated heterocycles. The number of hydrazine groups is 1. The number of nitrogens with zero attached hydrogens (tertiary/aromatic N) is 2. The Hall–Kier alpha value is -3.69. The van der Waals surface area contributed by atoms with Gasteiger partial charge in [-0.05, 0) is 60.9 Å². The first kappa shape index (κ1) is 25.4. The minimum atomic E-state index is -0.684. The maximum Gasteiger partial charge on any atom is 0.229 e. The zero-order chi connectivity index (χ0) is 25.7. The third kappa shape index (κ3) is 5.27. The second-order valence-corrected chi connectivity index (χ2v) is 10.2. The zero-order valence-corrected chi connectivity index (χ0v) is 21.2. The van der Waals surface area contributed by atoms with Crippen LogP contribution in [0.25, 0.3) is 0 Å². The van der Waals surface area contributed by atoms with E-state index in [1.54, 1.807) is 23.9 Å². The molecule has 186 valence electrons. The van der Waals surface area contributed by atoms with Gasteiger partial charge in [0, 0.05) is 16.0 Å². The summed E-state index contributed by atoms with van der Waals surface area (Å²) in [7, 11) is 0. The fourth-order valence-corrected chi connectivity index (χ4v) is 5.12. The van der Waals surface area contributed by atoms with Crippen molar-refractivity contribution < 1.29 is 9.59 Å². The van der Waals surface area contributed by atoms with Gasteiger partial charge in [-0.25, -0.2) is 10.8 Å². The predicted octanol–water partition coefficient (Wildman–Crippen LogP) is 3.55. The molecule has 2 aromatic carbocycles. The van der Waals surface area contributed by atoms with Crippen LogP contribution >= 0.6 is 11.8 Å². The predicted molar refractivity (Wildman–Crippen MR) is 144 cm³/mol. The number of fused-ring (bicyclic) bond motifs is 1. The number of rotatable bonds is 7. The molecule has 3 aromatic rings. The summed E-state index contributed by atoms with van der Waals surface area (Å²) in [6.07, 6.45) is 1.50. The van der Waals surface area contributed by atoms with E-state index in [0.717, 1.165) is 22.4 Å². The summed E-state index contributed by atoms with van der Waals surface area (Å²) in [4.78, 5) is 31.9. The SMILES string of the molecule is CCSc1ccc(CC(=O)Nc2ccc3c(n2)CCC(C)(c2ccc(C(=NN)NN)cc2)C3=O)cc1. The van der Waals surface area contributed by atoms with Gasteiger partial charge in [0.2, 0.25) is 5.91 Å². The number of nitrogens with two attached hydrogens (primary N) is 2. The molecule has 0 fully saturated rings. The van der Waals surface area contributed by atoms with Crippen LogP contribution in [0.1, 0.15) is 53.0 Å². The Bertz CT molecular complexity index is 1290. The molecule has 1 amide bonds. The van der Waals surface area contributed by atoms with Gasteiger partial charge >= 0.3 is 0 Å². The quantitative estimate of drug-likeness (QED) is 0.128. The molecule has 4 rings (SSSR count). The van der Waals surface area contributed by atoms with E-state index in [-0.39, 0.29) is 18.1 Å². The highest BCUT2D eigenvalue weighted by atomic mass is 32.2. The average molecular weight is 503 g/mol. The fraction of sp³-hybridized carbons (Fsp3) is 0.259. The monoisotopic (exact) mass is 502 g/mol. The molecule has 36 heavy (non-hydrogen) atoms. The van der Waals surface area contributed by atoms with Crippen molar-refractivity contribution in [3.63, 3.8) is 0 Å². The fourth-order valence-electron chi connectivity index (χ4n) is 4.46. The van der Waals surface area contributed by atoms with Crippen molar-refractivity contribution in [3.05, 3.63) is 88.6 Å². The van der Waals surface area contributed by atoms with E-state index >= 15 is 0 Å². The first-order valence-corrected chi connectivity index (χ1v) is 12.8. The third-order valence-electron chi connectivity index (χ3n) is 6.51. The molecule has 0 spiro atoms. The number of carbonyl (C=O) groups is 2. The summed E-state index contributed by atoms with van der Waals surface area (Å²) in [5.41, 5.74) is 5.63. The number of nitrogens with one attached hydrogen (secondary N) is 2. The number of carbonyl (C=O) groups excluding carboxylic acids is 2. The van der Waals surface area contributed by atoms with Gasteiger partial charge < -0.3 is 16.6 Å². The van der Waals surface area contributed by atoms with Crippen molar-refractivity contribution in [3.8, 4) is 0 Å². The number of amidine groups is 1. The Morgan fingerprint density at radius 3 is 2.47 bits per heavy atom. The van der Waals surface area contributed by atoms with Crippen molar-refractivity contribution in [2.45, 2.75) is 43.4 Å². The minimum Gasteiger partial charge on any atom is -0.321 e. The topological polar surface area (TPSA) is 135 Å². The summed E-state index contributed by atoms with van der Waals surface area (Å²) in [5, 5.41) is 6.49. The average Bonchev–Trinajstić information content (AvgIpc) is 2.89. The van der Waals surface area contributed by atoms with Crippen LogP contribution < -0.4 is 22.4 Å². The Kier molecular flexibility index (Phi) is 7.71. The number of hydrazone groups is 1. The van der Waals surface area contributed by atoms with E-state index in [2.05, 4.69) is 27.8 Å². The molecule has 1 atom stereocenters. The van der Waals surface area contributed by atoms with Gasteiger partial charge in [-0.15, -0.1) is 11.8 Å². The normalized spacial score (nSPS) is 17.4. The summed E-state index contributed by atoms with van der Waals surface area (Å²) in [5.74, 6) is 12.5. The molecule has 8 nitrogen and oxygen atoms in total. The second kappa shape index (κ2) is 10.9. The van der Waals surface area contributed by atoms with Crippen LogP contribution in [0.5, 0.6) is 0 Å². The summed E-state index contributed by atoms with van der Waals surface area (Å²) in [6.45, 7) is 4.06. The van der Waals surface area contributed by atoms with Crippen LogP contribution in [0.4, 0.5) is 5.82 Å². The lowest BCUT2D eigenvalue weighted by Gasteiger charge is -2.33. The van der Waals surface area contributed by atoms with Crippen LogP contribution in [0, 0.1) is 0 Å². The first-order valence-electron chi connectivity index (χ1n) is 11.8. The number of hydrogen-bond acceptors (Lipinski definition) is 7. The Labute approximate surface area is 214 Å². The number of aromatic nitrogens is 1. The van der Waals surface area contributed by atoms with Gasteiger partial charge in [-0.2, -0.15) is 5.10 Å². The van der Waals surface area contributed by atoms with Crippen LogP contribution in [-0.2, 0) is 23.1 Å². The van der Waals surface area contributed by atoms with Crippen LogP contribution in [-0.4, -0.2) is 28.3 Å². The van der Waals surface area contributed by atoms with Gasteiger partial charge in [0.05, 0.1) is 17.5 Å².